The second-order valence-corrected chi connectivity index (χ2v) is 6.02. The summed E-state index contributed by atoms with van der Waals surface area (Å²) in [7, 11) is 2.82. The van der Waals surface area contributed by atoms with Gasteiger partial charge in [-0.25, -0.2) is 4.79 Å². The van der Waals surface area contributed by atoms with Crippen LogP contribution in [-0.4, -0.2) is 37.5 Å². The van der Waals surface area contributed by atoms with Crippen molar-refractivity contribution >= 4 is 51.0 Å². The van der Waals surface area contributed by atoms with Gasteiger partial charge in [0.1, 0.15) is 5.75 Å². The van der Waals surface area contributed by atoms with E-state index in [9.17, 15) is 9.59 Å². The number of methoxy groups -OCH3 is 2. The maximum Gasteiger partial charge on any atom is 0.331 e. The zero-order valence-corrected chi connectivity index (χ0v) is 14.6. The summed E-state index contributed by atoms with van der Waals surface area (Å²) in [5.74, 6) is -0.304. The highest BCUT2D eigenvalue weighted by molar-refractivity contribution is 9.10. The molecule has 1 aromatic rings. The molecule has 1 amide bonds. The Bertz CT molecular complexity index is 731. The molecule has 1 fully saturated rings. The zero-order chi connectivity index (χ0) is 16.8. The largest absolute Gasteiger partial charge is 0.496 e. The van der Waals surface area contributed by atoms with Crippen LogP contribution in [0, 0.1) is 0 Å². The Labute approximate surface area is 145 Å². The van der Waals surface area contributed by atoms with Crippen LogP contribution in [-0.2, 0) is 14.3 Å². The van der Waals surface area contributed by atoms with Crippen molar-refractivity contribution in [2.45, 2.75) is 0 Å². The van der Waals surface area contributed by atoms with Crippen LogP contribution in [0.5, 0.6) is 5.75 Å². The number of carbonyl (C=O) groups excluding carboxylic acids is 2. The van der Waals surface area contributed by atoms with Crippen molar-refractivity contribution < 1.29 is 19.1 Å². The fourth-order valence-corrected chi connectivity index (χ4v) is 2.85. The Kier molecular flexibility index (Phi) is 5.94. The standard InChI is InChI=1S/C14H12BrN3O4S/c1-21-10-4-3-8(5-9(10)15)7-16-18-14-17-13(20)11(23-14)6-12(19)22-2/h3-7H,1-2H3,(H,17,18,20)/b11-6+,16-7?. The van der Waals surface area contributed by atoms with E-state index >= 15 is 0 Å². The predicted molar refractivity (Wildman–Crippen MR) is 91.6 cm³/mol. The van der Waals surface area contributed by atoms with Gasteiger partial charge >= 0.3 is 5.97 Å². The van der Waals surface area contributed by atoms with E-state index in [1.165, 1.54) is 13.3 Å². The molecule has 1 N–H and O–H groups in total. The van der Waals surface area contributed by atoms with E-state index in [-0.39, 0.29) is 10.1 Å². The lowest BCUT2D eigenvalue weighted by Crippen LogP contribution is -2.19. The molecule has 1 heterocycles. The fourth-order valence-electron chi connectivity index (χ4n) is 1.55. The molecule has 7 nitrogen and oxygen atoms in total. The molecule has 1 aliphatic heterocycles. The van der Waals surface area contributed by atoms with Crippen LogP contribution in [0.4, 0.5) is 0 Å². The number of ether oxygens (including phenoxy) is 2. The summed E-state index contributed by atoms with van der Waals surface area (Å²) < 4.78 is 10.4. The highest BCUT2D eigenvalue weighted by Gasteiger charge is 2.24. The fraction of sp³-hybridized carbons (Fsp3) is 0.143. The molecule has 0 unspecified atom stereocenters. The molecule has 23 heavy (non-hydrogen) atoms. The zero-order valence-electron chi connectivity index (χ0n) is 12.2. The number of rotatable bonds is 4. The first kappa shape index (κ1) is 17.2. The molecule has 0 saturated carbocycles. The van der Waals surface area contributed by atoms with Crippen molar-refractivity contribution in [3.63, 3.8) is 0 Å². The summed E-state index contributed by atoms with van der Waals surface area (Å²) >= 11 is 4.39. The van der Waals surface area contributed by atoms with Crippen LogP contribution in [0.15, 0.2) is 43.9 Å². The maximum atomic E-state index is 11.6. The van der Waals surface area contributed by atoms with Gasteiger partial charge < -0.3 is 9.47 Å². The molecular weight excluding hydrogens is 386 g/mol. The molecule has 1 aliphatic rings. The monoisotopic (exact) mass is 397 g/mol. The Balaban J connectivity index is 2.06. The molecule has 0 aliphatic carbocycles. The number of carbonyl (C=O) groups is 2. The van der Waals surface area contributed by atoms with Gasteiger partial charge in [0, 0.05) is 6.08 Å². The first-order valence-electron chi connectivity index (χ1n) is 6.27. The van der Waals surface area contributed by atoms with Gasteiger partial charge in [0.05, 0.1) is 29.8 Å². The summed E-state index contributed by atoms with van der Waals surface area (Å²) in [4.78, 5) is 23.0. The first-order chi connectivity index (χ1) is 11.0. The van der Waals surface area contributed by atoms with Gasteiger partial charge in [-0.3, -0.25) is 10.1 Å². The van der Waals surface area contributed by atoms with E-state index in [0.717, 1.165) is 27.9 Å². The number of thioether (sulfide) groups is 1. The Morgan fingerprint density at radius 3 is 2.83 bits per heavy atom. The first-order valence-corrected chi connectivity index (χ1v) is 7.88. The van der Waals surface area contributed by atoms with Crippen molar-refractivity contribution in [3.8, 4) is 5.75 Å². The van der Waals surface area contributed by atoms with Crippen LogP contribution in [0.3, 0.4) is 0 Å². The number of amides is 1. The average Bonchev–Trinajstić information content (AvgIpc) is 2.87. The molecule has 1 aromatic carbocycles. The van der Waals surface area contributed by atoms with Crippen LogP contribution in [0.2, 0.25) is 0 Å². The van der Waals surface area contributed by atoms with Gasteiger partial charge in [0.15, 0.2) is 5.17 Å². The van der Waals surface area contributed by atoms with Crippen molar-refractivity contribution in [1.82, 2.24) is 5.32 Å². The highest BCUT2D eigenvalue weighted by Crippen LogP contribution is 2.25. The minimum Gasteiger partial charge on any atom is -0.496 e. The highest BCUT2D eigenvalue weighted by atomic mass is 79.9. The number of nitrogens with zero attached hydrogens (tertiary/aromatic N) is 2. The third-order valence-corrected chi connectivity index (χ3v) is 4.15. The minimum absolute atomic E-state index is 0.206. The van der Waals surface area contributed by atoms with Gasteiger partial charge in [-0.2, -0.15) is 5.10 Å². The summed E-state index contributed by atoms with van der Waals surface area (Å²) in [6, 6.07) is 5.43. The van der Waals surface area contributed by atoms with Crippen LogP contribution in [0.25, 0.3) is 0 Å². The molecule has 120 valence electrons. The molecule has 0 spiro atoms. The third-order valence-electron chi connectivity index (χ3n) is 2.63. The van der Waals surface area contributed by atoms with Crippen molar-refractivity contribution in [3.05, 3.63) is 39.2 Å². The number of hydrogen-bond acceptors (Lipinski definition) is 7. The molecule has 0 atom stereocenters. The van der Waals surface area contributed by atoms with E-state index in [1.807, 2.05) is 12.1 Å². The summed E-state index contributed by atoms with van der Waals surface area (Å²) in [5.41, 5.74) is 0.807. The number of nitrogens with one attached hydrogen (secondary N) is 1. The Morgan fingerprint density at radius 2 is 2.17 bits per heavy atom. The number of esters is 1. The topological polar surface area (TPSA) is 89.3 Å². The molecule has 0 aromatic heterocycles. The van der Waals surface area contributed by atoms with E-state index in [1.54, 1.807) is 13.2 Å². The molecule has 2 rings (SSSR count). The molecule has 0 bridgehead atoms. The predicted octanol–water partition coefficient (Wildman–Crippen LogP) is 2.07. The van der Waals surface area contributed by atoms with Gasteiger partial charge in [0.2, 0.25) is 0 Å². The SMILES string of the molecule is COC(=O)/C=C1/S/C(=N\N=Cc2ccc(OC)c(Br)c2)NC1=O. The summed E-state index contributed by atoms with van der Waals surface area (Å²) in [5, 5.41) is 10.6. The number of amidine groups is 1. The molecule has 9 heteroatoms. The molecule has 0 radical (unpaired) electrons. The van der Waals surface area contributed by atoms with Crippen LogP contribution < -0.4 is 10.1 Å². The van der Waals surface area contributed by atoms with Crippen LogP contribution >= 0.6 is 27.7 Å². The van der Waals surface area contributed by atoms with Gasteiger partial charge in [0.25, 0.3) is 5.91 Å². The van der Waals surface area contributed by atoms with E-state index in [2.05, 4.69) is 36.2 Å². The molecular formula is C14H12BrN3O4S. The average molecular weight is 398 g/mol. The van der Waals surface area contributed by atoms with Crippen LogP contribution in [0.1, 0.15) is 5.56 Å². The lowest BCUT2D eigenvalue weighted by molar-refractivity contribution is -0.135. The minimum atomic E-state index is -0.601. The number of hydrogen-bond donors (Lipinski definition) is 1. The van der Waals surface area contributed by atoms with E-state index in [4.69, 9.17) is 4.74 Å². The lowest BCUT2D eigenvalue weighted by atomic mass is 10.2. The number of benzene rings is 1. The smallest absolute Gasteiger partial charge is 0.331 e. The summed E-state index contributed by atoms with van der Waals surface area (Å²) in [6.45, 7) is 0. The van der Waals surface area contributed by atoms with Crippen molar-refractivity contribution in [1.29, 1.82) is 0 Å². The Morgan fingerprint density at radius 1 is 1.39 bits per heavy atom. The van der Waals surface area contributed by atoms with Gasteiger partial charge in [-0.15, -0.1) is 5.10 Å². The lowest BCUT2D eigenvalue weighted by Gasteiger charge is -2.02. The molecule has 1 saturated heterocycles. The quantitative estimate of drug-likeness (QED) is 0.363. The van der Waals surface area contributed by atoms with Gasteiger partial charge in [-0.05, 0) is 51.5 Å². The third kappa shape index (κ3) is 4.67. The van der Waals surface area contributed by atoms with E-state index < -0.39 is 11.9 Å². The second-order valence-electron chi connectivity index (χ2n) is 4.13. The number of halogens is 1. The normalized spacial score (nSPS) is 17.8. The van der Waals surface area contributed by atoms with Crippen molar-refractivity contribution in [2.24, 2.45) is 10.2 Å². The maximum absolute atomic E-state index is 11.6. The van der Waals surface area contributed by atoms with Crippen molar-refractivity contribution in [2.75, 3.05) is 14.2 Å². The van der Waals surface area contributed by atoms with E-state index in [0.29, 0.717) is 5.75 Å². The summed E-state index contributed by atoms with van der Waals surface area (Å²) in [6.07, 6.45) is 2.64. The second kappa shape index (κ2) is 7.93. The van der Waals surface area contributed by atoms with Gasteiger partial charge in [-0.1, -0.05) is 0 Å². The Hall–Kier alpha value is -2.13.